The monoisotopic (exact) mass is 489 g/mol. The molecule has 1 aliphatic carbocycles. The minimum atomic E-state index is -0.314. The molecule has 0 spiro atoms. The molecule has 3 aromatic rings. The lowest BCUT2D eigenvalue weighted by atomic mass is 10.1. The van der Waals surface area contributed by atoms with Crippen LogP contribution >= 0.6 is 23.5 Å². The SMILES string of the molecule is COc1cccc(-c2nnc(NSC(C)C(OC)c3ncc(Cl)cn3)n2CC2CCCC2)n1. The molecular weight excluding hydrogens is 462 g/mol. The Kier molecular flexibility index (Phi) is 8.00. The molecule has 0 aliphatic heterocycles. The minimum Gasteiger partial charge on any atom is -0.481 e. The van der Waals surface area contributed by atoms with E-state index < -0.39 is 0 Å². The van der Waals surface area contributed by atoms with E-state index in [1.165, 1.54) is 37.6 Å². The van der Waals surface area contributed by atoms with Gasteiger partial charge >= 0.3 is 0 Å². The van der Waals surface area contributed by atoms with Gasteiger partial charge in [0.05, 0.1) is 17.4 Å². The van der Waals surface area contributed by atoms with Crippen LogP contribution in [0.15, 0.2) is 30.6 Å². The lowest BCUT2D eigenvalue weighted by Crippen LogP contribution is -2.19. The summed E-state index contributed by atoms with van der Waals surface area (Å²) in [6.45, 7) is 2.89. The molecule has 4 rings (SSSR count). The summed E-state index contributed by atoms with van der Waals surface area (Å²) in [6.07, 6.45) is 7.80. The lowest BCUT2D eigenvalue weighted by Gasteiger charge is -2.21. The summed E-state index contributed by atoms with van der Waals surface area (Å²) in [5.41, 5.74) is 0.732. The number of rotatable bonds is 10. The summed E-state index contributed by atoms with van der Waals surface area (Å²) in [6, 6.07) is 5.66. The van der Waals surface area contributed by atoms with Crippen molar-refractivity contribution in [2.75, 3.05) is 18.9 Å². The van der Waals surface area contributed by atoms with Crippen molar-refractivity contribution in [1.29, 1.82) is 0 Å². The van der Waals surface area contributed by atoms with Gasteiger partial charge in [0, 0.05) is 32.1 Å². The first-order chi connectivity index (χ1) is 16.1. The smallest absolute Gasteiger partial charge is 0.234 e. The van der Waals surface area contributed by atoms with Crippen LogP contribution in [0, 0.1) is 5.92 Å². The highest BCUT2D eigenvalue weighted by Gasteiger charge is 2.25. The highest BCUT2D eigenvalue weighted by atomic mass is 35.5. The zero-order valence-corrected chi connectivity index (χ0v) is 20.5. The van der Waals surface area contributed by atoms with Crippen LogP contribution in [0.4, 0.5) is 5.95 Å². The van der Waals surface area contributed by atoms with E-state index in [0.717, 1.165) is 18.1 Å². The molecule has 11 heteroatoms. The van der Waals surface area contributed by atoms with E-state index in [1.807, 2.05) is 25.1 Å². The number of ether oxygens (including phenoxy) is 2. The molecule has 33 heavy (non-hydrogen) atoms. The van der Waals surface area contributed by atoms with Crippen LogP contribution in [0.5, 0.6) is 5.88 Å². The Bertz CT molecular complexity index is 1040. The predicted molar refractivity (Wildman–Crippen MR) is 129 cm³/mol. The molecule has 3 heterocycles. The van der Waals surface area contributed by atoms with Crippen LogP contribution in [0.3, 0.4) is 0 Å². The van der Waals surface area contributed by atoms with Crippen LogP contribution < -0.4 is 9.46 Å². The van der Waals surface area contributed by atoms with Gasteiger partial charge in [-0.25, -0.2) is 15.0 Å². The number of nitrogens with one attached hydrogen (secondary N) is 1. The summed E-state index contributed by atoms with van der Waals surface area (Å²) in [5, 5.41) is 9.39. The summed E-state index contributed by atoms with van der Waals surface area (Å²) in [4.78, 5) is 13.2. The predicted octanol–water partition coefficient (Wildman–Crippen LogP) is 4.82. The van der Waals surface area contributed by atoms with Crippen molar-refractivity contribution in [2.45, 2.75) is 50.5 Å². The summed E-state index contributed by atoms with van der Waals surface area (Å²) in [7, 11) is 3.26. The maximum absolute atomic E-state index is 5.93. The van der Waals surface area contributed by atoms with Crippen molar-refractivity contribution < 1.29 is 9.47 Å². The van der Waals surface area contributed by atoms with Crippen LogP contribution in [0.2, 0.25) is 5.02 Å². The van der Waals surface area contributed by atoms with Gasteiger partial charge in [-0.1, -0.05) is 30.5 Å². The van der Waals surface area contributed by atoms with E-state index in [2.05, 4.69) is 34.4 Å². The number of hydrogen-bond acceptors (Lipinski definition) is 9. The number of aromatic nitrogens is 6. The van der Waals surface area contributed by atoms with Gasteiger partial charge in [0.1, 0.15) is 11.8 Å². The Balaban J connectivity index is 1.54. The largest absolute Gasteiger partial charge is 0.481 e. The van der Waals surface area contributed by atoms with E-state index in [1.54, 1.807) is 26.6 Å². The fraction of sp³-hybridized carbons (Fsp3) is 0.500. The molecule has 176 valence electrons. The highest BCUT2D eigenvalue weighted by molar-refractivity contribution is 8.01. The first-order valence-electron chi connectivity index (χ1n) is 11.0. The van der Waals surface area contributed by atoms with Gasteiger partial charge in [-0.3, -0.25) is 9.29 Å². The van der Waals surface area contributed by atoms with E-state index in [0.29, 0.717) is 28.6 Å². The molecule has 3 aromatic heterocycles. The Morgan fingerprint density at radius 1 is 1.18 bits per heavy atom. The molecule has 1 aliphatic rings. The van der Waals surface area contributed by atoms with Crippen LogP contribution in [0.25, 0.3) is 11.5 Å². The molecule has 0 radical (unpaired) electrons. The van der Waals surface area contributed by atoms with E-state index in [4.69, 9.17) is 21.1 Å². The van der Waals surface area contributed by atoms with Gasteiger partial charge < -0.3 is 9.47 Å². The molecule has 0 saturated heterocycles. The Morgan fingerprint density at radius 3 is 2.64 bits per heavy atom. The number of methoxy groups -OCH3 is 2. The topological polar surface area (TPSA) is 99.9 Å². The highest BCUT2D eigenvalue weighted by Crippen LogP contribution is 2.32. The number of halogens is 1. The first-order valence-corrected chi connectivity index (χ1v) is 12.2. The molecule has 9 nitrogen and oxygen atoms in total. The second-order valence-electron chi connectivity index (χ2n) is 8.01. The zero-order chi connectivity index (χ0) is 23.2. The summed E-state index contributed by atoms with van der Waals surface area (Å²) in [5.74, 6) is 3.14. The maximum Gasteiger partial charge on any atom is 0.234 e. The van der Waals surface area contributed by atoms with Crippen LogP contribution in [-0.4, -0.2) is 49.2 Å². The number of anilines is 1. The van der Waals surface area contributed by atoms with E-state index >= 15 is 0 Å². The Morgan fingerprint density at radius 2 is 1.94 bits per heavy atom. The minimum absolute atomic E-state index is 0.00815. The quantitative estimate of drug-likeness (QED) is 0.401. The molecule has 1 N–H and O–H groups in total. The van der Waals surface area contributed by atoms with Gasteiger partial charge in [-0.15, -0.1) is 10.2 Å². The van der Waals surface area contributed by atoms with Crippen molar-refractivity contribution in [1.82, 2.24) is 29.7 Å². The Labute approximate surface area is 202 Å². The molecule has 1 saturated carbocycles. The molecule has 1 fully saturated rings. The fourth-order valence-electron chi connectivity index (χ4n) is 4.03. The number of hydrogen-bond donors (Lipinski definition) is 1. The fourth-order valence-corrected chi connectivity index (χ4v) is 4.93. The first kappa shape index (κ1) is 23.7. The average molecular weight is 490 g/mol. The molecule has 0 aromatic carbocycles. The second-order valence-corrected chi connectivity index (χ2v) is 9.63. The standard InChI is InChI=1S/C22H28ClN7O2S/c1-14(19(32-3)20-24-11-16(23)12-25-20)33-29-22-28-27-21(17-9-6-10-18(26-17)31-2)30(22)13-15-7-4-5-8-15/h6,9-12,14-15,19H,4-5,7-8,13H2,1-3H3,(H,28,29). The normalized spacial score (nSPS) is 16.0. The van der Waals surface area contributed by atoms with E-state index in [-0.39, 0.29) is 11.4 Å². The molecule has 0 bridgehead atoms. The Hall–Kier alpha value is -2.43. The zero-order valence-electron chi connectivity index (χ0n) is 18.9. The van der Waals surface area contributed by atoms with Crippen molar-refractivity contribution in [3.05, 3.63) is 41.4 Å². The summed E-state index contributed by atoms with van der Waals surface area (Å²) < 4.78 is 16.5. The molecular formula is C22H28ClN7O2S. The molecule has 0 amide bonds. The van der Waals surface area contributed by atoms with Crippen LogP contribution in [0.1, 0.15) is 44.5 Å². The van der Waals surface area contributed by atoms with Crippen LogP contribution in [-0.2, 0) is 11.3 Å². The van der Waals surface area contributed by atoms with Crippen molar-refractivity contribution in [2.24, 2.45) is 5.92 Å². The van der Waals surface area contributed by atoms with Crippen molar-refractivity contribution in [3.63, 3.8) is 0 Å². The second kappa shape index (κ2) is 11.1. The third-order valence-electron chi connectivity index (χ3n) is 5.74. The molecule has 2 unspecified atom stereocenters. The molecule has 2 atom stereocenters. The maximum atomic E-state index is 5.93. The van der Waals surface area contributed by atoms with Gasteiger partial charge in [0.2, 0.25) is 11.8 Å². The van der Waals surface area contributed by atoms with Gasteiger partial charge in [-0.05, 0) is 43.7 Å². The average Bonchev–Trinajstić information content (AvgIpc) is 3.50. The van der Waals surface area contributed by atoms with E-state index in [9.17, 15) is 0 Å². The third kappa shape index (κ3) is 5.74. The van der Waals surface area contributed by atoms with Crippen molar-refractivity contribution in [3.8, 4) is 17.4 Å². The number of pyridine rings is 1. The van der Waals surface area contributed by atoms with Gasteiger partial charge in [-0.2, -0.15) is 0 Å². The third-order valence-corrected chi connectivity index (χ3v) is 6.85. The van der Waals surface area contributed by atoms with Gasteiger partial charge in [0.15, 0.2) is 11.6 Å². The van der Waals surface area contributed by atoms with Gasteiger partial charge in [0.25, 0.3) is 0 Å². The lowest BCUT2D eigenvalue weighted by molar-refractivity contribution is 0.0972. The van der Waals surface area contributed by atoms with Crippen molar-refractivity contribution >= 4 is 29.5 Å². The summed E-state index contributed by atoms with van der Waals surface area (Å²) >= 11 is 7.42. The number of nitrogens with zero attached hydrogens (tertiary/aromatic N) is 6.